The maximum atomic E-state index is 10.8. The molecule has 2 aromatic rings. The van der Waals surface area contributed by atoms with Gasteiger partial charge in [0, 0.05) is 15.7 Å². The summed E-state index contributed by atoms with van der Waals surface area (Å²) in [6, 6.07) is 9.60. The quantitative estimate of drug-likeness (QED) is 0.494. The molecule has 0 saturated carbocycles. The molecule has 0 saturated heterocycles. The fourth-order valence-electron chi connectivity index (χ4n) is 1.41. The molecule has 0 amide bonds. The van der Waals surface area contributed by atoms with Crippen LogP contribution in [-0.2, 0) is 11.1 Å². The first-order valence-electron chi connectivity index (χ1n) is 4.00. The molecule has 1 N–H and O–H groups in total. The minimum atomic E-state index is -2.27. The van der Waals surface area contributed by atoms with E-state index in [1.807, 2.05) is 0 Å². The molecule has 0 aliphatic heterocycles. The number of hydrogen-bond acceptors (Lipinski definition) is 3. The molecule has 5 heteroatoms. The van der Waals surface area contributed by atoms with Crippen molar-refractivity contribution in [3.8, 4) is 5.75 Å². The molecule has 2 aromatic carbocycles. The van der Waals surface area contributed by atoms with Crippen molar-refractivity contribution in [3.05, 3.63) is 36.4 Å². The molecule has 0 aromatic heterocycles. The number of hydrogen-bond donors (Lipinski definition) is 1. The van der Waals surface area contributed by atoms with Gasteiger partial charge in [0.2, 0.25) is 0 Å². The second-order valence-corrected chi connectivity index (χ2v) is 3.77. The molecular weight excluding hydrogens is 223 g/mol. The molecule has 15 heavy (non-hydrogen) atoms. The standard InChI is InChI=1S/C10H8O3S.Na/c11-9-5-1-4-8-7(9)3-2-6-10(8)14(12)13;/h1-6,11H,(H,12,13);/q;+1/p-1. The van der Waals surface area contributed by atoms with E-state index in [4.69, 9.17) is 0 Å². The number of phenols is 1. The third-order valence-electron chi connectivity index (χ3n) is 2.04. The molecule has 72 valence electrons. The van der Waals surface area contributed by atoms with Crippen molar-refractivity contribution in [2.24, 2.45) is 0 Å². The van der Waals surface area contributed by atoms with Crippen molar-refractivity contribution in [2.45, 2.75) is 4.90 Å². The Morgan fingerprint density at radius 2 is 1.67 bits per heavy atom. The Morgan fingerprint density at radius 3 is 2.33 bits per heavy atom. The van der Waals surface area contributed by atoms with Gasteiger partial charge in [-0.3, -0.25) is 4.21 Å². The van der Waals surface area contributed by atoms with Crippen LogP contribution in [-0.4, -0.2) is 13.9 Å². The number of aromatic hydroxyl groups is 1. The second kappa shape index (κ2) is 5.09. The first-order chi connectivity index (χ1) is 6.70. The van der Waals surface area contributed by atoms with Gasteiger partial charge in [-0.15, -0.1) is 0 Å². The first kappa shape index (κ1) is 12.7. The summed E-state index contributed by atoms with van der Waals surface area (Å²) in [7, 11) is 0. The molecular formula is C10H7NaO3S. The van der Waals surface area contributed by atoms with Gasteiger partial charge in [-0.2, -0.15) is 0 Å². The average molecular weight is 230 g/mol. The minimum Gasteiger partial charge on any atom is -0.768 e. The topological polar surface area (TPSA) is 60.4 Å². The summed E-state index contributed by atoms with van der Waals surface area (Å²) >= 11 is -2.27. The van der Waals surface area contributed by atoms with Crippen LogP contribution in [0.4, 0.5) is 0 Å². The molecule has 2 rings (SSSR count). The summed E-state index contributed by atoms with van der Waals surface area (Å²) in [4.78, 5) is 0.207. The molecule has 0 heterocycles. The van der Waals surface area contributed by atoms with Crippen LogP contribution in [0.25, 0.3) is 10.8 Å². The maximum Gasteiger partial charge on any atom is 1.00 e. The van der Waals surface area contributed by atoms with Gasteiger partial charge in [-0.25, -0.2) is 0 Å². The summed E-state index contributed by atoms with van der Waals surface area (Å²) in [5.41, 5.74) is 0. The third kappa shape index (κ3) is 2.41. The van der Waals surface area contributed by atoms with E-state index in [1.165, 1.54) is 12.1 Å². The third-order valence-corrected chi connectivity index (χ3v) is 2.75. The smallest absolute Gasteiger partial charge is 0.768 e. The molecule has 0 aliphatic carbocycles. The van der Waals surface area contributed by atoms with Gasteiger partial charge >= 0.3 is 29.6 Å². The molecule has 1 atom stereocenters. The summed E-state index contributed by atoms with van der Waals surface area (Å²) in [6.07, 6.45) is 0. The number of fused-ring (bicyclic) bond motifs is 1. The van der Waals surface area contributed by atoms with E-state index in [1.54, 1.807) is 24.3 Å². The van der Waals surface area contributed by atoms with Crippen LogP contribution >= 0.6 is 0 Å². The Kier molecular flexibility index (Phi) is 4.31. The van der Waals surface area contributed by atoms with Crippen molar-refractivity contribution in [1.29, 1.82) is 0 Å². The molecule has 1 unspecified atom stereocenters. The Labute approximate surface area is 112 Å². The van der Waals surface area contributed by atoms with Crippen LogP contribution in [0.15, 0.2) is 41.3 Å². The van der Waals surface area contributed by atoms with Gasteiger partial charge in [0.15, 0.2) is 0 Å². The van der Waals surface area contributed by atoms with Gasteiger partial charge in [0.25, 0.3) is 0 Å². The van der Waals surface area contributed by atoms with Crippen LogP contribution in [0.2, 0.25) is 0 Å². The van der Waals surface area contributed by atoms with Gasteiger partial charge in [-0.1, -0.05) is 24.3 Å². The largest absolute Gasteiger partial charge is 1.00 e. The van der Waals surface area contributed by atoms with E-state index >= 15 is 0 Å². The predicted molar refractivity (Wildman–Crippen MR) is 52.8 cm³/mol. The minimum absolute atomic E-state index is 0. The van der Waals surface area contributed by atoms with Gasteiger partial charge in [-0.05, 0) is 23.2 Å². The summed E-state index contributed by atoms with van der Waals surface area (Å²) < 4.78 is 21.7. The second-order valence-electron chi connectivity index (χ2n) is 2.86. The fraction of sp³-hybridized carbons (Fsp3) is 0. The van der Waals surface area contributed by atoms with Crippen molar-refractivity contribution in [1.82, 2.24) is 0 Å². The van der Waals surface area contributed by atoms with Crippen molar-refractivity contribution in [2.75, 3.05) is 0 Å². The predicted octanol–water partition coefficient (Wildman–Crippen LogP) is -1.21. The first-order valence-corrected chi connectivity index (χ1v) is 5.07. The monoisotopic (exact) mass is 230 g/mol. The van der Waals surface area contributed by atoms with Crippen LogP contribution < -0.4 is 29.6 Å². The Balaban J connectivity index is 0.00000112. The van der Waals surface area contributed by atoms with Crippen LogP contribution in [0.5, 0.6) is 5.75 Å². The van der Waals surface area contributed by atoms with E-state index < -0.39 is 11.1 Å². The molecule has 3 nitrogen and oxygen atoms in total. The van der Waals surface area contributed by atoms with Gasteiger partial charge < -0.3 is 9.66 Å². The number of benzene rings is 2. The van der Waals surface area contributed by atoms with Crippen LogP contribution in [0.3, 0.4) is 0 Å². The van der Waals surface area contributed by atoms with Crippen LogP contribution in [0, 0.1) is 0 Å². The van der Waals surface area contributed by atoms with Crippen molar-refractivity contribution < 1.29 is 43.4 Å². The normalized spacial score (nSPS) is 12.1. The number of rotatable bonds is 1. The summed E-state index contributed by atoms with van der Waals surface area (Å²) in [5.74, 6) is 0.0924. The zero-order valence-corrected chi connectivity index (χ0v) is 11.0. The Bertz CT molecular complexity index is 513. The summed E-state index contributed by atoms with van der Waals surface area (Å²) in [6.45, 7) is 0. The van der Waals surface area contributed by atoms with Crippen molar-refractivity contribution >= 4 is 21.9 Å². The van der Waals surface area contributed by atoms with E-state index in [2.05, 4.69) is 0 Å². The van der Waals surface area contributed by atoms with E-state index in [0.717, 1.165) is 0 Å². The average Bonchev–Trinajstić information content (AvgIpc) is 2.17. The molecule has 0 radical (unpaired) electrons. The van der Waals surface area contributed by atoms with Crippen molar-refractivity contribution in [3.63, 3.8) is 0 Å². The molecule has 0 fully saturated rings. The van der Waals surface area contributed by atoms with E-state index in [9.17, 15) is 13.9 Å². The van der Waals surface area contributed by atoms with Crippen LogP contribution in [0.1, 0.15) is 0 Å². The molecule has 0 bridgehead atoms. The Morgan fingerprint density at radius 1 is 1.07 bits per heavy atom. The van der Waals surface area contributed by atoms with Gasteiger partial charge in [0.1, 0.15) is 5.75 Å². The van der Waals surface area contributed by atoms with Gasteiger partial charge in [0.05, 0.1) is 0 Å². The number of phenolic OH excluding ortho intramolecular Hbond substituents is 1. The molecule has 0 spiro atoms. The zero-order valence-electron chi connectivity index (χ0n) is 8.14. The SMILES string of the molecule is O=S([O-])c1cccc2c(O)cccc12.[Na+]. The summed E-state index contributed by atoms with van der Waals surface area (Å²) in [5, 5.41) is 10.6. The fourth-order valence-corrected chi connectivity index (χ4v) is 1.96. The Hall–Kier alpha value is -0.390. The molecule has 0 aliphatic rings. The zero-order chi connectivity index (χ0) is 10.1. The maximum absolute atomic E-state index is 10.8. The van der Waals surface area contributed by atoms with E-state index in [0.29, 0.717) is 10.8 Å². The van der Waals surface area contributed by atoms with E-state index in [-0.39, 0.29) is 40.2 Å².